The molecule has 3 atom stereocenters. The van der Waals surface area contributed by atoms with E-state index in [1.807, 2.05) is 6.92 Å². The van der Waals surface area contributed by atoms with Crippen molar-refractivity contribution >= 4 is 5.78 Å². The Kier molecular flexibility index (Phi) is 4.58. The zero-order valence-corrected chi connectivity index (χ0v) is 11.7. The third kappa shape index (κ3) is 2.87. The molecule has 0 N–H and O–H groups in total. The summed E-state index contributed by atoms with van der Waals surface area (Å²) in [4.78, 5) is 11.5. The van der Waals surface area contributed by atoms with Crippen LogP contribution in [-0.4, -0.2) is 5.78 Å². The van der Waals surface area contributed by atoms with Gasteiger partial charge in [-0.3, -0.25) is 4.79 Å². The van der Waals surface area contributed by atoms with Crippen LogP contribution in [0.1, 0.15) is 66.7 Å². The maximum Gasteiger partial charge on any atom is 0.135 e. The van der Waals surface area contributed by atoms with Crippen LogP contribution < -0.4 is 0 Å². The number of hydrogen-bond donors (Lipinski definition) is 0. The fourth-order valence-electron chi connectivity index (χ4n) is 3.07. The molecule has 1 fully saturated rings. The summed E-state index contributed by atoms with van der Waals surface area (Å²) in [7, 11) is 0. The second kappa shape index (κ2) is 5.33. The Bertz CT molecular complexity index is 242. The predicted octanol–water partition coefficient (Wildman–Crippen LogP) is 4.45. The number of rotatable bonds is 5. The topological polar surface area (TPSA) is 17.1 Å². The van der Waals surface area contributed by atoms with E-state index in [0.717, 1.165) is 18.3 Å². The molecule has 1 rings (SSSR count). The van der Waals surface area contributed by atoms with Gasteiger partial charge in [-0.1, -0.05) is 34.6 Å². The summed E-state index contributed by atoms with van der Waals surface area (Å²) in [6.07, 6.45) is 5.76. The first-order chi connectivity index (χ1) is 7.39. The van der Waals surface area contributed by atoms with E-state index in [2.05, 4.69) is 27.7 Å². The standard InChI is InChI=1S/C15H28O/c1-6-14(16)11(2)7-9-13-10-8-12(3)15(13,4)5/h11-13H,6-10H2,1-5H3. The van der Waals surface area contributed by atoms with Gasteiger partial charge in [0.1, 0.15) is 5.78 Å². The normalized spacial score (nSPS) is 30.3. The van der Waals surface area contributed by atoms with Gasteiger partial charge in [0.2, 0.25) is 0 Å². The van der Waals surface area contributed by atoms with E-state index >= 15 is 0 Å². The van der Waals surface area contributed by atoms with Gasteiger partial charge in [-0.25, -0.2) is 0 Å². The van der Waals surface area contributed by atoms with Crippen molar-refractivity contribution in [3.05, 3.63) is 0 Å². The van der Waals surface area contributed by atoms with Gasteiger partial charge in [-0.2, -0.15) is 0 Å². The SMILES string of the molecule is CCC(=O)C(C)CCC1CCC(C)C1(C)C. The largest absolute Gasteiger partial charge is 0.299 e. The molecule has 0 aromatic heterocycles. The summed E-state index contributed by atoms with van der Waals surface area (Å²) in [6.45, 7) is 11.3. The van der Waals surface area contributed by atoms with Crippen LogP contribution in [0.3, 0.4) is 0 Å². The quantitative estimate of drug-likeness (QED) is 0.674. The molecule has 1 aliphatic carbocycles. The molecule has 16 heavy (non-hydrogen) atoms. The fourth-order valence-corrected chi connectivity index (χ4v) is 3.07. The molecule has 0 aliphatic heterocycles. The maximum atomic E-state index is 11.5. The van der Waals surface area contributed by atoms with E-state index in [4.69, 9.17) is 0 Å². The molecule has 0 saturated heterocycles. The van der Waals surface area contributed by atoms with Crippen molar-refractivity contribution in [2.45, 2.75) is 66.7 Å². The molecule has 0 aromatic rings. The average molecular weight is 224 g/mol. The molecular weight excluding hydrogens is 196 g/mol. The second-order valence-electron chi connectivity index (χ2n) is 6.29. The lowest BCUT2D eigenvalue weighted by atomic mass is 9.74. The summed E-state index contributed by atoms with van der Waals surface area (Å²) in [5.41, 5.74) is 0.481. The van der Waals surface area contributed by atoms with E-state index < -0.39 is 0 Å². The van der Waals surface area contributed by atoms with Gasteiger partial charge >= 0.3 is 0 Å². The first-order valence-electron chi connectivity index (χ1n) is 6.92. The monoisotopic (exact) mass is 224 g/mol. The molecule has 3 unspecified atom stereocenters. The number of Topliss-reactive ketones (excluding diaryl/α,β-unsaturated/α-hetero) is 1. The Hall–Kier alpha value is -0.330. The highest BCUT2D eigenvalue weighted by Gasteiger charge is 2.39. The van der Waals surface area contributed by atoms with Crippen molar-refractivity contribution < 1.29 is 4.79 Å². The van der Waals surface area contributed by atoms with Crippen LogP contribution in [-0.2, 0) is 4.79 Å². The van der Waals surface area contributed by atoms with Crippen LogP contribution in [0.4, 0.5) is 0 Å². The van der Waals surface area contributed by atoms with Gasteiger partial charge in [0, 0.05) is 12.3 Å². The molecule has 1 heteroatoms. The van der Waals surface area contributed by atoms with Gasteiger partial charge in [0.25, 0.3) is 0 Å². The van der Waals surface area contributed by atoms with Crippen LogP contribution >= 0.6 is 0 Å². The Morgan fingerprint density at radius 1 is 1.38 bits per heavy atom. The second-order valence-corrected chi connectivity index (χ2v) is 6.29. The third-order valence-electron chi connectivity index (χ3n) is 5.12. The molecule has 1 nitrogen and oxygen atoms in total. The summed E-state index contributed by atoms with van der Waals surface area (Å²) in [5.74, 6) is 2.38. The number of carbonyl (C=O) groups excluding carboxylic acids is 1. The molecule has 0 bridgehead atoms. The fraction of sp³-hybridized carbons (Fsp3) is 0.933. The smallest absolute Gasteiger partial charge is 0.135 e. The molecule has 0 amide bonds. The van der Waals surface area contributed by atoms with Crippen molar-refractivity contribution in [2.24, 2.45) is 23.2 Å². The van der Waals surface area contributed by atoms with Gasteiger partial charge in [-0.15, -0.1) is 0 Å². The molecule has 0 radical (unpaired) electrons. The molecule has 94 valence electrons. The lowest BCUT2D eigenvalue weighted by Crippen LogP contribution is -2.24. The molecule has 0 spiro atoms. The molecule has 0 aromatic carbocycles. The highest BCUT2D eigenvalue weighted by atomic mass is 16.1. The number of hydrogen-bond acceptors (Lipinski definition) is 1. The lowest BCUT2D eigenvalue weighted by molar-refractivity contribution is -0.122. The molecule has 0 heterocycles. The first-order valence-corrected chi connectivity index (χ1v) is 6.92. The minimum Gasteiger partial charge on any atom is -0.299 e. The number of carbonyl (C=O) groups is 1. The minimum atomic E-state index is 0.275. The maximum absolute atomic E-state index is 11.5. The zero-order valence-electron chi connectivity index (χ0n) is 11.7. The highest BCUT2D eigenvalue weighted by molar-refractivity contribution is 5.80. The van der Waals surface area contributed by atoms with Crippen LogP contribution in [0, 0.1) is 23.2 Å². The summed E-state index contributed by atoms with van der Waals surface area (Å²) in [6, 6.07) is 0. The lowest BCUT2D eigenvalue weighted by Gasteiger charge is -2.31. The van der Waals surface area contributed by atoms with E-state index in [9.17, 15) is 4.79 Å². The summed E-state index contributed by atoms with van der Waals surface area (Å²) >= 11 is 0. The van der Waals surface area contributed by atoms with Gasteiger partial charge < -0.3 is 0 Å². The molecule has 1 aliphatic rings. The number of ketones is 1. The molecular formula is C15H28O. The van der Waals surface area contributed by atoms with Crippen LogP contribution in [0.15, 0.2) is 0 Å². The van der Waals surface area contributed by atoms with Gasteiger partial charge in [0.05, 0.1) is 0 Å². The predicted molar refractivity (Wildman–Crippen MR) is 69.4 cm³/mol. The molecule has 1 saturated carbocycles. The Morgan fingerprint density at radius 3 is 2.44 bits per heavy atom. The van der Waals surface area contributed by atoms with Crippen molar-refractivity contribution in [1.29, 1.82) is 0 Å². The Morgan fingerprint density at radius 2 is 2.00 bits per heavy atom. The van der Waals surface area contributed by atoms with Gasteiger partial charge in [-0.05, 0) is 42.9 Å². The third-order valence-corrected chi connectivity index (χ3v) is 5.12. The van der Waals surface area contributed by atoms with Crippen molar-refractivity contribution in [3.63, 3.8) is 0 Å². The van der Waals surface area contributed by atoms with Crippen LogP contribution in [0.25, 0.3) is 0 Å². The van der Waals surface area contributed by atoms with E-state index in [0.29, 0.717) is 17.6 Å². The van der Waals surface area contributed by atoms with Crippen LogP contribution in [0.2, 0.25) is 0 Å². The average Bonchev–Trinajstić information content (AvgIpc) is 2.50. The minimum absolute atomic E-state index is 0.275. The Balaban J connectivity index is 2.42. The van der Waals surface area contributed by atoms with E-state index in [1.54, 1.807) is 0 Å². The van der Waals surface area contributed by atoms with E-state index in [-0.39, 0.29) is 5.92 Å². The first kappa shape index (κ1) is 13.7. The zero-order chi connectivity index (χ0) is 12.3. The summed E-state index contributed by atoms with van der Waals surface area (Å²) in [5, 5.41) is 0. The van der Waals surface area contributed by atoms with Crippen molar-refractivity contribution in [3.8, 4) is 0 Å². The van der Waals surface area contributed by atoms with Crippen LogP contribution in [0.5, 0.6) is 0 Å². The van der Waals surface area contributed by atoms with E-state index in [1.165, 1.54) is 19.3 Å². The highest BCUT2D eigenvalue weighted by Crippen LogP contribution is 2.49. The Labute approximate surface area is 101 Å². The van der Waals surface area contributed by atoms with Crippen molar-refractivity contribution in [2.75, 3.05) is 0 Å². The van der Waals surface area contributed by atoms with Crippen molar-refractivity contribution in [1.82, 2.24) is 0 Å². The summed E-state index contributed by atoms with van der Waals surface area (Å²) < 4.78 is 0. The van der Waals surface area contributed by atoms with Gasteiger partial charge in [0.15, 0.2) is 0 Å².